The maximum Gasteiger partial charge on any atom is 0.262 e. The molecule has 1 atom stereocenters. The lowest BCUT2D eigenvalue weighted by Crippen LogP contribution is -2.36. The van der Waals surface area contributed by atoms with Crippen LogP contribution >= 0.6 is 11.6 Å². The summed E-state index contributed by atoms with van der Waals surface area (Å²) in [4.78, 5) is 38.7. The van der Waals surface area contributed by atoms with E-state index in [-0.39, 0.29) is 41.1 Å². The van der Waals surface area contributed by atoms with Crippen molar-refractivity contribution in [3.8, 4) is 11.5 Å². The summed E-state index contributed by atoms with van der Waals surface area (Å²) in [5, 5.41) is 2.48. The van der Waals surface area contributed by atoms with Crippen molar-refractivity contribution in [3.05, 3.63) is 77.3 Å². The number of carbonyl (C=O) groups is 3. The van der Waals surface area contributed by atoms with Crippen molar-refractivity contribution < 1.29 is 32.6 Å². The zero-order chi connectivity index (χ0) is 27.2. The molecule has 0 bridgehead atoms. The summed E-state index contributed by atoms with van der Waals surface area (Å²) in [5.41, 5.74) is 6.14. The standard InChI is InChI=1S/C26H23ClF2N4O5/c1-37-22-12-17(11-19(27)25(22)38-14-23(34)30-21-5-3-2-4-20(21)29)31-32-26(36)15-10-24(35)33(13-15)18-8-6-16(28)7-9-18/h2-9,11-12,15,31H,10,13-14H2,1H3,(H,30,34)(H,32,36)/t15-/m0/s1. The number of hydrogen-bond acceptors (Lipinski definition) is 6. The van der Waals surface area contributed by atoms with Crippen LogP contribution in [0.25, 0.3) is 0 Å². The predicted molar refractivity (Wildman–Crippen MR) is 137 cm³/mol. The van der Waals surface area contributed by atoms with Crippen molar-refractivity contribution in [2.75, 3.05) is 35.9 Å². The number of halogens is 3. The normalized spacial score (nSPS) is 14.7. The lowest BCUT2D eigenvalue weighted by Gasteiger charge is -2.18. The molecule has 0 spiro atoms. The molecule has 1 heterocycles. The number of anilines is 3. The van der Waals surface area contributed by atoms with Crippen LogP contribution in [0.3, 0.4) is 0 Å². The lowest BCUT2D eigenvalue weighted by molar-refractivity contribution is -0.125. The summed E-state index contributed by atoms with van der Waals surface area (Å²) in [5.74, 6) is -2.67. The molecule has 1 fully saturated rings. The van der Waals surface area contributed by atoms with Gasteiger partial charge in [0.2, 0.25) is 11.8 Å². The number of nitrogens with zero attached hydrogens (tertiary/aromatic N) is 1. The van der Waals surface area contributed by atoms with Gasteiger partial charge in [-0.25, -0.2) is 8.78 Å². The van der Waals surface area contributed by atoms with Crippen molar-refractivity contribution in [1.82, 2.24) is 5.43 Å². The van der Waals surface area contributed by atoms with Crippen LogP contribution in [0.4, 0.5) is 25.8 Å². The van der Waals surface area contributed by atoms with E-state index >= 15 is 0 Å². The average molecular weight is 545 g/mol. The Morgan fingerprint density at radius 3 is 2.55 bits per heavy atom. The van der Waals surface area contributed by atoms with Gasteiger partial charge in [-0.3, -0.25) is 25.2 Å². The quantitative estimate of drug-likeness (QED) is 0.349. The monoisotopic (exact) mass is 544 g/mol. The van der Waals surface area contributed by atoms with Gasteiger partial charge < -0.3 is 19.7 Å². The smallest absolute Gasteiger partial charge is 0.262 e. The van der Waals surface area contributed by atoms with E-state index in [1.165, 1.54) is 66.6 Å². The van der Waals surface area contributed by atoms with Crippen molar-refractivity contribution in [2.24, 2.45) is 5.92 Å². The summed E-state index contributed by atoms with van der Waals surface area (Å²) >= 11 is 6.31. The Balaban J connectivity index is 1.34. The van der Waals surface area contributed by atoms with Gasteiger partial charge in [0, 0.05) is 24.7 Å². The first-order valence-corrected chi connectivity index (χ1v) is 11.8. The van der Waals surface area contributed by atoms with Crippen LogP contribution in [0.15, 0.2) is 60.7 Å². The van der Waals surface area contributed by atoms with Gasteiger partial charge in [-0.05, 0) is 42.5 Å². The lowest BCUT2D eigenvalue weighted by atomic mass is 10.1. The Hall–Kier alpha value is -4.38. The Bertz CT molecular complexity index is 1360. The van der Waals surface area contributed by atoms with Crippen LogP contribution in [0.1, 0.15) is 6.42 Å². The maximum absolute atomic E-state index is 13.7. The molecule has 3 aromatic rings. The van der Waals surface area contributed by atoms with Crippen LogP contribution < -0.4 is 30.5 Å². The molecule has 198 valence electrons. The molecule has 3 aromatic carbocycles. The first-order chi connectivity index (χ1) is 18.2. The van der Waals surface area contributed by atoms with Crippen molar-refractivity contribution in [1.29, 1.82) is 0 Å². The first-order valence-electron chi connectivity index (χ1n) is 11.4. The molecule has 0 saturated carbocycles. The molecule has 1 saturated heterocycles. The minimum absolute atomic E-state index is 0.00328. The number of hydrogen-bond donors (Lipinski definition) is 3. The number of amides is 3. The predicted octanol–water partition coefficient (Wildman–Crippen LogP) is 4.14. The summed E-state index contributed by atoms with van der Waals surface area (Å²) in [6, 6.07) is 14.1. The van der Waals surface area contributed by atoms with Crippen LogP contribution in [0.2, 0.25) is 5.02 Å². The second kappa shape index (κ2) is 11.8. The van der Waals surface area contributed by atoms with Crippen LogP contribution in [-0.4, -0.2) is 38.0 Å². The van der Waals surface area contributed by atoms with E-state index in [2.05, 4.69) is 16.2 Å². The molecule has 0 unspecified atom stereocenters. The number of nitrogens with one attached hydrogen (secondary N) is 3. The molecule has 3 amide bonds. The fourth-order valence-electron chi connectivity index (χ4n) is 3.81. The molecule has 0 aliphatic carbocycles. The maximum atomic E-state index is 13.7. The molecule has 4 rings (SSSR count). The first kappa shape index (κ1) is 26.7. The molecule has 1 aliphatic heterocycles. The highest BCUT2D eigenvalue weighted by Gasteiger charge is 2.35. The van der Waals surface area contributed by atoms with Gasteiger partial charge in [0.1, 0.15) is 11.6 Å². The zero-order valence-electron chi connectivity index (χ0n) is 20.1. The Morgan fingerprint density at radius 1 is 1.11 bits per heavy atom. The van der Waals surface area contributed by atoms with Crippen molar-refractivity contribution >= 4 is 46.4 Å². The summed E-state index contributed by atoms with van der Waals surface area (Å²) in [7, 11) is 1.37. The molecule has 3 N–H and O–H groups in total. The van der Waals surface area contributed by atoms with E-state index in [9.17, 15) is 23.2 Å². The van der Waals surface area contributed by atoms with Crippen molar-refractivity contribution in [3.63, 3.8) is 0 Å². The van der Waals surface area contributed by atoms with E-state index in [0.29, 0.717) is 11.4 Å². The summed E-state index contributed by atoms with van der Waals surface area (Å²) in [6.45, 7) is -0.321. The highest BCUT2D eigenvalue weighted by molar-refractivity contribution is 6.32. The molecule has 9 nitrogen and oxygen atoms in total. The zero-order valence-corrected chi connectivity index (χ0v) is 20.9. The number of methoxy groups -OCH3 is 1. The van der Waals surface area contributed by atoms with Crippen molar-refractivity contribution in [2.45, 2.75) is 6.42 Å². The third-order valence-electron chi connectivity index (χ3n) is 5.69. The molecule has 0 aromatic heterocycles. The number of hydrazine groups is 1. The highest BCUT2D eigenvalue weighted by atomic mass is 35.5. The van der Waals surface area contributed by atoms with E-state index in [1.54, 1.807) is 6.07 Å². The molecular formula is C26H23ClF2N4O5. The van der Waals surface area contributed by atoms with Gasteiger partial charge in [-0.1, -0.05) is 23.7 Å². The molecule has 0 radical (unpaired) electrons. The fraction of sp³-hybridized carbons (Fsp3) is 0.192. The van der Waals surface area contributed by atoms with E-state index in [0.717, 1.165) is 0 Å². The second-order valence-electron chi connectivity index (χ2n) is 8.30. The van der Waals surface area contributed by atoms with Gasteiger partial charge in [0.25, 0.3) is 5.91 Å². The molecule has 38 heavy (non-hydrogen) atoms. The van der Waals surface area contributed by atoms with Crippen LogP contribution in [0.5, 0.6) is 11.5 Å². The number of rotatable bonds is 9. The van der Waals surface area contributed by atoms with Gasteiger partial charge >= 0.3 is 0 Å². The summed E-state index contributed by atoms with van der Waals surface area (Å²) in [6.07, 6.45) is -0.00328. The minimum atomic E-state index is -0.631. The third-order valence-corrected chi connectivity index (χ3v) is 5.97. The molecule has 12 heteroatoms. The Kier molecular flexibility index (Phi) is 8.27. The number of benzene rings is 3. The fourth-order valence-corrected chi connectivity index (χ4v) is 4.07. The van der Waals surface area contributed by atoms with Gasteiger partial charge in [0.05, 0.1) is 29.4 Å². The largest absolute Gasteiger partial charge is 0.493 e. The molecule has 1 aliphatic rings. The number of para-hydroxylation sites is 1. The average Bonchev–Trinajstić information content (AvgIpc) is 3.29. The minimum Gasteiger partial charge on any atom is -0.493 e. The van der Waals surface area contributed by atoms with E-state index < -0.39 is 36.0 Å². The van der Waals surface area contributed by atoms with Crippen LogP contribution in [0, 0.1) is 17.6 Å². The van der Waals surface area contributed by atoms with Gasteiger partial charge in [0.15, 0.2) is 18.1 Å². The Morgan fingerprint density at radius 2 is 1.84 bits per heavy atom. The van der Waals surface area contributed by atoms with Gasteiger partial charge in [-0.2, -0.15) is 0 Å². The second-order valence-corrected chi connectivity index (χ2v) is 8.71. The number of carbonyl (C=O) groups excluding carboxylic acids is 3. The SMILES string of the molecule is COc1cc(NNC(=O)[C@H]2CC(=O)N(c3ccc(F)cc3)C2)cc(Cl)c1OCC(=O)Nc1ccccc1F. The Labute approximate surface area is 221 Å². The highest BCUT2D eigenvalue weighted by Crippen LogP contribution is 2.38. The van der Waals surface area contributed by atoms with E-state index in [1.807, 2.05) is 0 Å². The summed E-state index contributed by atoms with van der Waals surface area (Å²) < 4.78 is 37.7. The van der Waals surface area contributed by atoms with Crippen LogP contribution in [-0.2, 0) is 14.4 Å². The topological polar surface area (TPSA) is 109 Å². The third kappa shape index (κ3) is 6.30. The van der Waals surface area contributed by atoms with Gasteiger partial charge in [-0.15, -0.1) is 0 Å². The number of ether oxygens (including phenoxy) is 2. The molecular weight excluding hydrogens is 522 g/mol. The van der Waals surface area contributed by atoms with E-state index in [4.69, 9.17) is 21.1 Å².